The van der Waals surface area contributed by atoms with E-state index in [1.54, 1.807) is 0 Å². The third-order valence-corrected chi connectivity index (χ3v) is 5.57. The van der Waals surface area contributed by atoms with Gasteiger partial charge in [0.2, 0.25) is 0 Å². The zero-order valence-electron chi connectivity index (χ0n) is 16.6. The summed E-state index contributed by atoms with van der Waals surface area (Å²) >= 11 is 0. The molecule has 0 bridgehead atoms. The third kappa shape index (κ3) is 8.43. The number of piperidine rings is 1. The molecule has 2 rings (SSSR count). The van der Waals surface area contributed by atoms with E-state index in [9.17, 15) is 0 Å². The van der Waals surface area contributed by atoms with E-state index in [-0.39, 0.29) is 24.0 Å². The van der Waals surface area contributed by atoms with Crippen LogP contribution in [0.25, 0.3) is 0 Å². The second-order valence-corrected chi connectivity index (χ2v) is 7.56. The minimum Gasteiger partial charge on any atom is -0.356 e. The quantitative estimate of drug-likeness (QED) is 0.251. The lowest BCUT2D eigenvalue weighted by atomic mass is 10.0. The minimum atomic E-state index is 0. The molecular weight excluding hydrogens is 425 g/mol. The molecule has 2 fully saturated rings. The summed E-state index contributed by atoms with van der Waals surface area (Å²) in [6.45, 7) is 12.9. The summed E-state index contributed by atoms with van der Waals surface area (Å²) in [4.78, 5) is 9.57. The summed E-state index contributed by atoms with van der Waals surface area (Å²) in [7, 11) is 1.87. The average Bonchev–Trinajstić information content (AvgIpc) is 3.05. The van der Waals surface area contributed by atoms with E-state index in [1.165, 1.54) is 64.7 Å². The Morgan fingerprint density at radius 1 is 1.12 bits per heavy atom. The van der Waals surface area contributed by atoms with Crippen LogP contribution in [0.15, 0.2) is 4.99 Å². The highest BCUT2D eigenvalue weighted by molar-refractivity contribution is 14.0. The van der Waals surface area contributed by atoms with Gasteiger partial charge in [-0.05, 0) is 70.6 Å². The van der Waals surface area contributed by atoms with Gasteiger partial charge in [0.1, 0.15) is 0 Å². The van der Waals surface area contributed by atoms with Crippen LogP contribution < -0.4 is 10.6 Å². The maximum absolute atomic E-state index is 4.36. The van der Waals surface area contributed by atoms with E-state index in [0.29, 0.717) is 6.04 Å². The Kier molecular flexibility index (Phi) is 12.1. The molecule has 25 heavy (non-hydrogen) atoms. The van der Waals surface area contributed by atoms with E-state index in [1.807, 2.05) is 7.05 Å². The molecule has 2 heterocycles. The number of aliphatic imine (C=N–C) groups is 1. The van der Waals surface area contributed by atoms with Crippen LogP contribution in [0.2, 0.25) is 0 Å². The molecule has 2 unspecified atom stereocenters. The maximum atomic E-state index is 4.36. The van der Waals surface area contributed by atoms with Crippen molar-refractivity contribution in [1.29, 1.82) is 0 Å². The highest BCUT2D eigenvalue weighted by atomic mass is 127. The number of hydrogen-bond donors (Lipinski definition) is 2. The van der Waals surface area contributed by atoms with Crippen LogP contribution in [0.1, 0.15) is 52.4 Å². The number of nitrogens with zero attached hydrogens (tertiary/aromatic N) is 3. The summed E-state index contributed by atoms with van der Waals surface area (Å²) in [5.41, 5.74) is 0. The fourth-order valence-electron chi connectivity index (χ4n) is 4.13. The highest BCUT2D eigenvalue weighted by Crippen LogP contribution is 2.16. The first kappa shape index (κ1) is 23.0. The molecule has 2 aliphatic rings. The van der Waals surface area contributed by atoms with E-state index in [0.717, 1.165) is 31.5 Å². The SMILES string of the molecule is CCN1CCCC1CNC(=NC)NCCCCN1CCCC(C)C1.I. The van der Waals surface area contributed by atoms with Gasteiger partial charge in [-0.2, -0.15) is 0 Å². The number of guanidine groups is 1. The zero-order valence-corrected chi connectivity index (χ0v) is 18.9. The van der Waals surface area contributed by atoms with Crippen molar-refractivity contribution in [2.75, 3.05) is 52.9 Å². The molecule has 0 spiro atoms. The Bertz CT molecular complexity index is 377. The van der Waals surface area contributed by atoms with Crippen molar-refractivity contribution in [3.05, 3.63) is 0 Å². The molecule has 5 nitrogen and oxygen atoms in total. The third-order valence-electron chi connectivity index (χ3n) is 5.57. The molecule has 0 radical (unpaired) electrons. The van der Waals surface area contributed by atoms with Crippen LogP contribution in [0.4, 0.5) is 0 Å². The van der Waals surface area contributed by atoms with Gasteiger partial charge < -0.3 is 15.5 Å². The van der Waals surface area contributed by atoms with Crippen LogP contribution in [-0.2, 0) is 0 Å². The fourth-order valence-corrected chi connectivity index (χ4v) is 4.13. The molecule has 148 valence electrons. The Morgan fingerprint density at radius 2 is 1.92 bits per heavy atom. The Balaban J connectivity index is 0.00000312. The first-order chi connectivity index (χ1) is 11.7. The van der Waals surface area contributed by atoms with Gasteiger partial charge in [0.25, 0.3) is 0 Å². The van der Waals surface area contributed by atoms with Gasteiger partial charge >= 0.3 is 0 Å². The maximum Gasteiger partial charge on any atom is 0.191 e. The molecule has 0 amide bonds. The summed E-state index contributed by atoms with van der Waals surface area (Å²) in [6, 6.07) is 0.676. The minimum absolute atomic E-state index is 0. The Labute approximate surface area is 172 Å². The number of likely N-dealkylation sites (tertiary alicyclic amines) is 2. The molecule has 0 saturated carbocycles. The molecule has 2 aliphatic heterocycles. The van der Waals surface area contributed by atoms with Crippen LogP contribution in [0, 0.1) is 5.92 Å². The smallest absolute Gasteiger partial charge is 0.191 e. The first-order valence-corrected chi connectivity index (χ1v) is 10.1. The fraction of sp³-hybridized carbons (Fsp3) is 0.947. The molecular formula is C19H40IN5. The monoisotopic (exact) mass is 465 g/mol. The standard InChI is InChI=1S/C19H39N5.HI/c1-4-24-14-8-10-18(24)15-22-19(20-3)21-11-5-6-12-23-13-7-9-17(2)16-23;/h17-18H,4-16H2,1-3H3,(H2,20,21,22);1H. The number of halogens is 1. The van der Waals surface area contributed by atoms with Crippen LogP contribution in [-0.4, -0.2) is 74.7 Å². The van der Waals surface area contributed by atoms with Crippen molar-refractivity contribution in [1.82, 2.24) is 20.4 Å². The van der Waals surface area contributed by atoms with Crippen molar-refractivity contribution < 1.29 is 0 Å². The van der Waals surface area contributed by atoms with Gasteiger partial charge in [0.15, 0.2) is 5.96 Å². The molecule has 2 atom stereocenters. The van der Waals surface area contributed by atoms with E-state index in [2.05, 4.69) is 39.3 Å². The predicted molar refractivity (Wildman–Crippen MR) is 119 cm³/mol. The Hall–Kier alpha value is -0.0800. The summed E-state index contributed by atoms with van der Waals surface area (Å²) < 4.78 is 0. The van der Waals surface area contributed by atoms with Crippen LogP contribution in [0.5, 0.6) is 0 Å². The molecule has 0 aliphatic carbocycles. The predicted octanol–water partition coefficient (Wildman–Crippen LogP) is 2.77. The summed E-state index contributed by atoms with van der Waals surface area (Å²) in [5, 5.41) is 6.98. The van der Waals surface area contributed by atoms with Gasteiger partial charge in [-0.25, -0.2) is 0 Å². The van der Waals surface area contributed by atoms with Gasteiger partial charge in [0, 0.05) is 32.7 Å². The van der Waals surface area contributed by atoms with Crippen LogP contribution >= 0.6 is 24.0 Å². The second kappa shape index (κ2) is 13.1. The molecule has 6 heteroatoms. The van der Waals surface area contributed by atoms with Crippen molar-refractivity contribution in [3.63, 3.8) is 0 Å². The Morgan fingerprint density at radius 3 is 2.64 bits per heavy atom. The molecule has 2 saturated heterocycles. The lowest BCUT2D eigenvalue weighted by Gasteiger charge is -2.30. The number of hydrogen-bond acceptors (Lipinski definition) is 3. The second-order valence-electron chi connectivity index (χ2n) is 7.56. The van der Waals surface area contributed by atoms with E-state index < -0.39 is 0 Å². The van der Waals surface area contributed by atoms with E-state index >= 15 is 0 Å². The molecule has 0 aromatic heterocycles. The molecule has 2 N–H and O–H groups in total. The van der Waals surface area contributed by atoms with E-state index in [4.69, 9.17) is 0 Å². The number of nitrogens with one attached hydrogen (secondary N) is 2. The molecule has 0 aromatic rings. The lowest BCUT2D eigenvalue weighted by molar-refractivity contribution is 0.181. The normalized spacial score (nSPS) is 25.6. The van der Waals surface area contributed by atoms with Crippen molar-refractivity contribution in [2.45, 2.75) is 58.4 Å². The van der Waals surface area contributed by atoms with Crippen molar-refractivity contribution in [2.24, 2.45) is 10.9 Å². The number of likely N-dealkylation sites (N-methyl/N-ethyl adjacent to an activating group) is 1. The average molecular weight is 465 g/mol. The van der Waals surface area contributed by atoms with Crippen LogP contribution in [0.3, 0.4) is 0 Å². The molecule has 0 aromatic carbocycles. The zero-order chi connectivity index (χ0) is 17.2. The largest absolute Gasteiger partial charge is 0.356 e. The van der Waals surface area contributed by atoms with Gasteiger partial charge in [-0.15, -0.1) is 24.0 Å². The van der Waals surface area contributed by atoms with Gasteiger partial charge in [-0.1, -0.05) is 13.8 Å². The van der Waals surface area contributed by atoms with Crippen molar-refractivity contribution in [3.8, 4) is 0 Å². The van der Waals surface area contributed by atoms with Crippen molar-refractivity contribution >= 4 is 29.9 Å². The number of rotatable bonds is 8. The topological polar surface area (TPSA) is 42.9 Å². The lowest BCUT2D eigenvalue weighted by Crippen LogP contribution is -2.45. The highest BCUT2D eigenvalue weighted by Gasteiger charge is 2.22. The number of unbranched alkanes of at least 4 members (excludes halogenated alkanes) is 1. The van der Waals surface area contributed by atoms with Gasteiger partial charge in [-0.3, -0.25) is 9.89 Å². The summed E-state index contributed by atoms with van der Waals surface area (Å²) in [6.07, 6.45) is 7.94. The summed E-state index contributed by atoms with van der Waals surface area (Å²) in [5.74, 6) is 1.85. The van der Waals surface area contributed by atoms with Gasteiger partial charge in [0.05, 0.1) is 0 Å². The first-order valence-electron chi connectivity index (χ1n) is 10.1.